The smallest absolute Gasteiger partial charge is 0.312 e. The molecule has 29 heavy (non-hydrogen) atoms. The summed E-state index contributed by atoms with van der Waals surface area (Å²) < 4.78 is 1.46. The molecule has 1 fully saturated rings. The lowest BCUT2D eigenvalue weighted by Crippen LogP contribution is -2.55. The molecule has 2 heterocycles. The molecule has 1 aliphatic heterocycles. The number of rotatable bonds is 5. The van der Waals surface area contributed by atoms with Crippen LogP contribution in [0.4, 0.5) is 0 Å². The van der Waals surface area contributed by atoms with Crippen molar-refractivity contribution in [1.29, 1.82) is 0 Å². The first-order chi connectivity index (χ1) is 14.0. The summed E-state index contributed by atoms with van der Waals surface area (Å²) in [6, 6.07) is 8.99. The second kappa shape index (κ2) is 9.26. The number of carbonyl (C=O) groups excluding carboxylic acids is 3. The number of aromatic nitrogens is 4. The zero-order valence-corrected chi connectivity index (χ0v) is 16.6. The van der Waals surface area contributed by atoms with E-state index in [9.17, 15) is 14.4 Å². The van der Waals surface area contributed by atoms with Gasteiger partial charge in [-0.25, -0.2) is 4.68 Å². The summed E-state index contributed by atoms with van der Waals surface area (Å²) in [6.45, 7) is 4.93. The average molecular weight is 399 g/mol. The van der Waals surface area contributed by atoms with Crippen LogP contribution < -0.4 is 5.32 Å². The van der Waals surface area contributed by atoms with Crippen LogP contribution in [0, 0.1) is 0 Å². The summed E-state index contributed by atoms with van der Waals surface area (Å²) in [7, 11) is 0. The molecule has 0 radical (unpaired) electrons. The Kier molecular flexibility index (Phi) is 6.53. The van der Waals surface area contributed by atoms with Gasteiger partial charge in [0.2, 0.25) is 5.91 Å². The fraction of sp³-hybridized carbons (Fsp3) is 0.474. The van der Waals surface area contributed by atoms with Gasteiger partial charge >= 0.3 is 11.8 Å². The molecule has 10 heteroatoms. The third-order valence-corrected chi connectivity index (χ3v) is 4.73. The van der Waals surface area contributed by atoms with Gasteiger partial charge in [-0.15, -0.1) is 5.10 Å². The minimum atomic E-state index is -0.615. The zero-order chi connectivity index (χ0) is 20.8. The van der Waals surface area contributed by atoms with E-state index in [4.69, 9.17) is 0 Å². The Balaban J connectivity index is 1.64. The van der Waals surface area contributed by atoms with E-state index in [1.54, 1.807) is 18.7 Å². The first kappa shape index (κ1) is 20.4. The normalized spacial score (nSPS) is 15.3. The van der Waals surface area contributed by atoms with Crippen molar-refractivity contribution in [2.45, 2.75) is 32.4 Å². The minimum absolute atomic E-state index is 0.107. The Morgan fingerprint density at radius 3 is 2.28 bits per heavy atom. The molecule has 1 N–H and O–H groups in total. The van der Waals surface area contributed by atoms with Crippen LogP contribution in [-0.4, -0.2) is 79.9 Å². The number of piperazine rings is 1. The van der Waals surface area contributed by atoms with Crippen LogP contribution in [0.1, 0.15) is 25.5 Å². The Morgan fingerprint density at radius 2 is 1.69 bits per heavy atom. The number of tetrazole rings is 1. The Bertz CT molecular complexity index is 831. The topological polar surface area (TPSA) is 113 Å². The lowest BCUT2D eigenvalue weighted by atomic mass is 10.0. The van der Waals surface area contributed by atoms with Crippen molar-refractivity contribution in [3.63, 3.8) is 0 Å². The van der Waals surface area contributed by atoms with Crippen molar-refractivity contribution in [2.24, 2.45) is 0 Å². The predicted molar refractivity (Wildman–Crippen MR) is 103 cm³/mol. The summed E-state index contributed by atoms with van der Waals surface area (Å²) in [5.41, 5.74) is 1.00. The number of nitrogens with zero attached hydrogens (tertiary/aromatic N) is 6. The summed E-state index contributed by atoms with van der Waals surface area (Å²) in [5.74, 6) is -1.29. The van der Waals surface area contributed by atoms with E-state index in [0.717, 1.165) is 5.56 Å². The fourth-order valence-corrected chi connectivity index (χ4v) is 3.25. The molecule has 154 valence electrons. The molecule has 0 spiro atoms. The highest BCUT2D eigenvalue weighted by Gasteiger charge is 2.32. The van der Waals surface area contributed by atoms with E-state index in [1.165, 1.54) is 15.9 Å². The van der Waals surface area contributed by atoms with Crippen LogP contribution in [0.3, 0.4) is 0 Å². The van der Waals surface area contributed by atoms with Crippen molar-refractivity contribution in [2.75, 3.05) is 26.2 Å². The molecule has 0 saturated carbocycles. The van der Waals surface area contributed by atoms with Crippen LogP contribution in [-0.2, 0) is 20.8 Å². The third-order valence-electron chi connectivity index (χ3n) is 4.73. The number of hydrogen-bond donors (Lipinski definition) is 1. The van der Waals surface area contributed by atoms with Gasteiger partial charge < -0.3 is 15.1 Å². The quantitative estimate of drug-likeness (QED) is 0.688. The summed E-state index contributed by atoms with van der Waals surface area (Å²) in [5, 5.41) is 13.8. The molecule has 3 amide bonds. The van der Waals surface area contributed by atoms with Gasteiger partial charge in [-0.2, -0.15) is 0 Å². The monoisotopic (exact) mass is 399 g/mol. The molecule has 3 rings (SSSR count). The van der Waals surface area contributed by atoms with Crippen molar-refractivity contribution >= 4 is 17.7 Å². The maximum absolute atomic E-state index is 13.2. The van der Waals surface area contributed by atoms with Crippen LogP contribution in [0.5, 0.6) is 0 Å². The molecule has 10 nitrogen and oxygen atoms in total. The summed E-state index contributed by atoms with van der Waals surface area (Å²) in [4.78, 5) is 40.5. The SMILES string of the molecule is CC(C)NC(=O)C(=O)N1CCN(C(=O)C(Cc2ccccc2)n2cnnn2)CC1. The van der Waals surface area contributed by atoms with Gasteiger partial charge in [-0.05, 0) is 29.8 Å². The molecular formula is C19H25N7O3. The summed E-state index contributed by atoms with van der Waals surface area (Å²) >= 11 is 0. The summed E-state index contributed by atoms with van der Waals surface area (Å²) in [6.07, 6.45) is 1.89. The Labute approximate surface area is 168 Å². The van der Waals surface area contributed by atoms with Crippen LogP contribution in [0.2, 0.25) is 0 Å². The Morgan fingerprint density at radius 1 is 1.03 bits per heavy atom. The van der Waals surface area contributed by atoms with E-state index in [0.29, 0.717) is 32.6 Å². The second-order valence-corrected chi connectivity index (χ2v) is 7.24. The van der Waals surface area contributed by atoms with Crippen LogP contribution in [0.15, 0.2) is 36.7 Å². The number of benzene rings is 1. The average Bonchev–Trinajstić information content (AvgIpc) is 3.26. The number of hydrogen-bond acceptors (Lipinski definition) is 6. The molecule has 1 atom stereocenters. The molecule has 1 aromatic heterocycles. The van der Waals surface area contributed by atoms with Gasteiger partial charge in [-0.3, -0.25) is 14.4 Å². The number of nitrogens with one attached hydrogen (secondary N) is 1. The predicted octanol–water partition coefficient (Wildman–Crippen LogP) is -0.348. The van der Waals surface area contributed by atoms with Gasteiger partial charge in [0.05, 0.1) is 0 Å². The third kappa shape index (κ3) is 5.15. The van der Waals surface area contributed by atoms with Gasteiger partial charge in [0.15, 0.2) is 0 Å². The first-order valence-electron chi connectivity index (χ1n) is 9.60. The number of amides is 3. The van der Waals surface area contributed by atoms with E-state index < -0.39 is 17.9 Å². The van der Waals surface area contributed by atoms with E-state index >= 15 is 0 Å². The fourth-order valence-electron chi connectivity index (χ4n) is 3.25. The Hall–Kier alpha value is -3.30. The standard InChI is InChI=1S/C19H25N7O3/c1-14(2)21-17(27)19(29)25-10-8-24(9-11-25)18(28)16(26-13-20-22-23-26)12-15-6-4-3-5-7-15/h3-7,13-14,16H,8-12H2,1-2H3,(H,21,27). The van der Waals surface area contributed by atoms with E-state index in [-0.39, 0.29) is 11.9 Å². The van der Waals surface area contributed by atoms with Crippen LogP contribution >= 0.6 is 0 Å². The lowest BCUT2D eigenvalue weighted by molar-refractivity contribution is -0.149. The molecule has 1 unspecified atom stereocenters. The van der Waals surface area contributed by atoms with E-state index in [1.807, 2.05) is 30.3 Å². The number of carbonyl (C=O) groups is 3. The largest absolute Gasteiger partial charge is 0.346 e. The first-order valence-corrected chi connectivity index (χ1v) is 9.60. The molecule has 1 saturated heterocycles. The molecular weight excluding hydrogens is 374 g/mol. The maximum Gasteiger partial charge on any atom is 0.312 e. The van der Waals surface area contributed by atoms with Crippen molar-refractivity contribution in [3.8, 4) is 0 Å². The second-order valence-electron chi connectivity index (χ2n) is 7.24. The van der Waals surface area contributed by atoms with Gasteiger partial charge in [0.1, 0.15) is 12.4 Å². The van der Waals surface area contributed by atoms with Gasteiger partial charge in [-0.1, -0.05) is 30.3 Å². The molecule has 1 aromatic carbocycles. The van der Waals surface area contributed by atoms with Gasteiger partial charge in [0.25, 0.3) is 0 Å². The van der Waals surface area contributed by atoms with Crippen molar-refractivity contribution in [3.05, 3.63) is 42.2 Å². The maximum atomic E-state index is 13.2. The highest BCUT2D eigenvalue weighted by Crippen LogP contribution is 2.17. The van der Waals surface area contributed by atoms with Gasteiger partial charge in [0, 0.05) is 38.6 Å². The highest BCUT2D eigenvalue weighted by molar-refractivity contribution is 6.35. The van der Waals surface area contributed by atoms with E-state index in [2.05, 4.69) is 20.8 Å². The zero-order valence-electron chi connectivity index (χ0n) is 16.6. The molecule has 0 bridgehead atoms. The van der Waals surface area contributed by atoms with Crippen LogP contribution in [0.25, 0.3) is 0 Å². The van der Waals surface area contributed by atoms with Crippen molar-refractivity contribution < 1.29 is 14.4 Å². The minimum Gasteiger partial charge on any atom is -0.346 e. The molecule has 0 aliphatic carbocycles. The van der Waals surface area contributed by atoms with Crippen molar-refractivity contribution in [1.82, 2.24) is 35.3 Å². The lowest BCUT2D eigenvalue weighted by Gasteiger charge is -2.36. The highest BCUT2D eigenvalue weighted by atomic mass is 16.2. The molecule has 2 aromatic rings. The molecule has 1 aliphatic rings.